The van der Waals surface area contributed by atoms with Gasteiger partial charge in [-0.3, -0.25) is 4.90 Å². The molecule has 1 saturated heterocycles. The number of piperidine rings is 1. The van der Waals surface area contributed by atoms with E-state index in [0.717, 1.165) is 19.5 Å². The Kier molecular flexibility index (Phi) is 4.61. The summed E-state index contributed by atoms with van der Waals surface area (Å²) >= 11 is 0. The van der Waals surface area contributed by atoms with Crippen molar-refractivity contribution in [3.63, 3.8) is 0 Å². The summed E-state index contributed by atoms with van der Waals surface area (Å²) in [6.45, 7) is 2.33. The topological polar surface area (TPSA) is 26.7 Å². The molecule has 0 radical (unpaired) electrons. The van der Waals surface area contributed by atoms with Crippen molar-refractivity contribution in [2.24, 2.45) is 0 Å². The van der Waals surface area contributed by atoms with Crippen molar-refractivity contribution in [2.75, 3.05) is 32.1 Å². The summed E-state index contributed by atoms with van der Waals surface area (Å²) in [6.07, 6.45) is 3.62. The van der Waals surface area contributed by atoms with Gasteiger partial charge in [-0.05, 0) is 31.0 Å². The Morgan fingerprint density at radius 1 is 1.28 bits per heavy atom. The van der Waals surface area contributed by atoms with Crippen LogP contribution in [0.5, 0.6) is 0 Å². The molecule has 1 fully saturated rings. The maximum Gasteiger partial charge on any atom is 0.0586 e. The second kappa shape index (κ2) is 6.21. The molecule has 1 aromatic carbocycles. The molecule has 3 heteroatoms. The van der Waals surface area contributed by atoms with Crippen molar-refractivity contribution < 1.29 is 5.11 Å². The number of aliphatic hydroxyl groups is 1. The molecule has 1 aliphatic heterocycles. The first-order valence-electron chi connectivity index (χ1n) is 6.82. The first kappa shape index (κ1) is 13.4. The van der Waals surface area contributed by atoms with Gasteiger partial charge in [0.2, 0.25) is 0 Å². The number of aliphatic hydroxyl groups excluding tert-OH is 1. The summed E-state index contributed by atoms with van der Waals surface area (Å²) in [5, 5.41) is 9.47. The lowest BCUT2D eigenvalue weighted by Crippen LogP contribution is -2.41. The Labute approximate surface area is 110 Å². The summed E-state index contributed by atoms with van der Waals surface area (Å²) in [4.78, 5) is 4.58. The Morgan fingerprint density at radius 2 is 2.06 bits per heavy atom. The van der Waals surface area contributed by atoms with E-state index >= 15 is 0 Å². The summed E-state index contributed by atoms with van der Waals surface area (Å²) < 4.78 is 0. The fourth-order valence-electron chi connectivity index (χ4n) is 2.77. The molecule has 18 heavy (non-hydrogen) atoms. The van der Waals surface area contributed by atoms with Gasteiger partial charge in [-0.1, -0.05) is 24.6 Å². The maximum absolute atomic E-state index is 9.47. The lowest BCUT2D eigenvalue weighted by molar-refractivity contribution is 0.0842. The molecule has 0 aromatic heterocycles. The fraction of sp³-hybridized carbons (Fsp3) is 0.600. The van der Waals surface area contributed by atoms with Crippen LogP contribution in [0.1, 0.15) is 24.8 Å². The fourth-order valence-corrected chi connectivity index (χ4v) is 2.77. The van der Waals surface area contributed by atoms with Gasteiger partial charge >= 0.3 is 0 Å². The average Bonchev–Trinajstić information content (AvgIpc) is 2.40. The van der Waals surface area contributed by atoms with Gasteiger partial charge in [0.05, 0.1) is 6.61 Å². The van der Waals surface area contributed by atoms with Crippen molar-refractivity contribution in [2.45, 2.75) is 31.8 Å². The molecule has 1 aliphatic rings. The number of hydrogen-bond donors (Lipinski definition) is 1. The highest BCUT2D eigenvalue weighted by atomic mass is 16.3. The molecule has 1 N–H and O–H groups in total. The minimum atomic E-state index is 0.282. The van der Waals surface area contributed by atoms with E-state index in [0.29, 0.717) is 6.04 Å². The van der Waals surface area contributed by atoms with Crippen molar-refractivity contribution >= 4 is 5.69 Å². The number of rotatable bonds is 4. The second-order valence-electron chi connectivity index (χ2n) is 5.33. The minimum Gasteiger partial charge on any atom is -0.395 e. The number of likely N-dealkylation sites (tertiary alicyclic amines) is 1. The van der Waals surface area contributed by atoms with Crippen LogP contribution in [0.4, 0.5) is 5.69 Å². The second-order valence-corrected chi connectivity index (χ2v) is 5.33. The molecular formula is C15H24N2O. The Bertz CT molecular complexity index is 379. The summed E-state index contributed by atoms with van der Waals surface area (Å²) in [6, 6.07) is 8.87. The highest BCUT2D eigenvalue weighted by Gasteiger charge is 2.22. The zero-order valence-corrected chi connectivity index (χ0v) is 11.5. The smallest absolute Gasteiger partial charge is 0.0586 e. The molecule has 0 aliphatic carbocycles. The molecule has 0 amide bonds. The van der Waals surface area contributed by atoms with E-state index in [1.54, 1.807) is 0 Å². The van der Waals surface area contributed by atoms with Gasteiger partial charge in [-0.15, -0.1) is 0 Å². The highest BCUT2D eigenvalue weighted by molar-refractivity contribution is 5.52. The number of nitrogens with zero attached hydrogens (tertiary/aromatic N) is 2. The number of anilines is 1. The molecule has 0 spiro atoms. The van der Waals surface area contributed by atoms with Gasteiger partial charge in [0.1, 0.15) is 0 Å². The predicted octanol–water partition coefficient (Wildman–Crippen LogP) is 2.10. The molecular weight excluding hydrogens is 224 g/mol. The molecule has 1 heterocycles. The number of benzene rings is 1. The normalized spacial score (nSPS) is 20.9. The van der Waals surface area contributed by atoms with E-state index in [1.807, 2.05) is 0 Å². The van der Waals surface area contributed by atoms with Crippen LogP contribution in [-0.4, -0.2) is 43.3 Å². The van der Waals surface area contributed by atoms with Crippen molar-refractivity contribution in [1.82, 2.24) is 4.90 Å². The quantitative estimate of drug-likeness (QED) is 0.884. The van der Waals surface area contributed by atoms with E-state index in [1.165, 1.54) is 24.1 Å². The maximum atomic E-state index is 9.47. The van der Waals surface area contributed by atoms with Gasteiger partial charge in [-0.2, -0.15) is 0 Å². The third-order valence-electron chi connectivity index (χ3n) is 3.81. The summed E-state index contributed by atoms with van der Waals surface area (Å²) in [5.74, 6) is 0. The predicted molar refractivity (Wildman–Crippen MR) is 75.9 cm³/mol. The van der Waals surface area contributed by atoms with Crippen LogP contribution < -0.4 is 4.90 Å². The molecule has 100 valence electrons. The van der Waals surface area contributed by atoms with Gasteiger partial charge < -0.3 is 10.0 Å². The SMILES string of the molecule is CN(C)c1ccccc1CN1CCCCC1CO. The van der Waals surface area contributed by atoms with Gasteiger partial charge in [0.15, 0.2) is 0 Å². The van der Waals surface area contributed by atoms with Gasteiger partial charge in [-0.25, -0.2) is 0 Å². The number of para-hydroxylation sites is 1. The van der Waals surface area contributed by atoms with Crippen molar-refractivity contribution in [3.05, 3.63) is 29.8 Å². The Balaban J connectivity index is 2.12. The highest BCUT2D eigenvalue weighted by Crippen LogP contribution is 2.24. The monoisotopic (exact) mass is 248 g/mol. The Hall–Kier alpha value is -1.06. The standard InChI is InChI=1S/C15H24N2O/c1-16(2)15-9-4-3-7-13(15)11-17-10-6-5-8-14(17)12-18/h3-4,7,9,14,18H,5-6,8,10-12H2,1-2H3. The van der Waals surface area contributed by atoms with Crippen LogP contribution in [0.25, 0.3) is 0 Å². The van der Waals surface area contributed by atoms with Crippen molar-refractivity contribution in [1.29, 1.82) is 0 Å². The van der Waals surface area contributed by atoms with Gasteiger partial charge in [0.25, 0.3) is 0 Å². The van der Waals surface area contributed by atoms with E-state index in [9.17, 15) is 5.11 Å². The molecule has 1 unspecified atom stereocenters. The van der Waals surface area contributed by atoms with Crippen LogP contribution in [0.2, 0.25) is 0 Å². The molecule has 0 saturated carbocycles. The van der Waals surface area contributed by atoms with E-state index < -0.39 is 0 Å². The van der Waals surface area contributed by atoms with Crippen LogP contribution in [0.15, 0.2) is 24.3 Å². The molecule has 3 nitrogen and oxygen atoms in total. The zero-order chi connectivity index (χ0) is 13.0. The lowest BCUT2D eigenvalue weighted by Gasteiger charge is -2.35. The molecule has 1 aromatic rings. The van der Waals surface area contributed by atoms with Crippen LogP contribution in [-0.2, 0) is 6.54 Å². The van der Waals surface area contributed by atoms with Crippen LogP contribution in [0, 0.1) is 0 Å². The van der Waals surface area contributed by atoms with Crippen LogP contribution in [0.3, 0.4) is 0 Å². The summed E-state index contributed by atoms with van der Waals surface area (Å²) in [7, 11) is 4.16. The molecule has 0 bridgehead atoms. The zero-order valence-electron chi connectivity index (χ0n) is 11.5. The van der Waals surface area contributed by atoms with E-state index in [-0.39, 0.29) is 6.61 Å². The molecule has 1 atom stereocenters. The van der Waals surface area contributed by atoms with Gasteiger partial charge in [0, 0.05) is 32.4 Å². The first-order chi connectivity index (χ1) is 8.72. The third-order valence-corrected chi connectivity index (χ3v) is 3.81. The summed E-state index contributed by atoms with van der Waals surface area (Å²) in [5.41, 5.74) is 2.63. The van der Waals surface area contributed by atoms with E-state index in [4.69, 9.17) is 0 Å². The third kappa shape index (κ3) is 3.03. The van der Waals surface area contributed by atoms with Crippen LogP contribution >= 0.6 is 0 Å². The largest absolute Gasteiger partial charge is 0.395 e. The number of hydrogen-bond acceptors (Lipinski definition) is 3. The van der Waals surface area contributed by atoms with Crippen molar-refractivity contribution in [3.8, 4) is 0 Å². The lowest BCUT2D eigenvalue weighted by atomic mass is 10.0. The first-order valence-corrected chi connectivity index (χ1v) is 6.82. The molecule has 2 rings (SSSR count). The Morgan fingerprint density at radius 3 is 2.78 bits per heavy atom. The minimum absolute atomic E-state index is 0.282. The average molecular weight is 248 g/mol. The van der Waals surface area contributed by atoms with E-state index in [2.05, 4.69) is 48.2 Å².